The molecule has 0 aliphatic heterocycles. The molecule has 1 amide bonds. The number of benzene rings is 1. The van der Waals surface area contributed by atoms with Gasteiger partial charge in [0.25, 0.3) is 0 Å². The zero-order valence-corrected chi connectivity index (χ0v) is 15.7. The number of carbonyl (C=O) groups excluding carboxylic acids is 1. The van der Waals surface area contributed by atoms with Gasteiger partial charge in [0.15, 0.2) is 0 Å². The highest BCUT2D eigenvalue weighted by Crippen LogP contribution is 2.23. The Morgan fingerprint density at radius 1 is 1.17 bits per heavy atom. The van der Waals surface area contributed by atoms with Gasteiger partial charge < -0.3 is 5.32 Å². The van der Waals surface area contributed by atoms with Crippen molar-refractivity contribution in [1.82, 2.24) is 4.31 Å². The third kappa shape index (κ3) is 6.31. The summed E-state index contributed by atoms with van der Waals surface area (Å²) in [5, 5.41) is 2.81. The van der Waals surface area contributed by atoms with Gasteiger partial charge in [0.1, 0.15) is 0 Å². The van der Waals surface area contributed by atoms with Gasteiger partial charge in [0.05, 0.1) is 6.26 Å². The van der Waals surface area contributed by atoms with E-state index in [0.29, 0.717) is 0 Å². The van der Waals surface area contributed by atoms with Crippen LogP contribution < -0.4 is 5.32 Å². The lowest BCUT2D eigenvalue weighted by Crippen LogP contribution is -2.38. The van der Waals surface area contributed by atoms with Crippen molar-refractivity contribution in [3.8, 4) is 0 Å². The van der Waals surface area contributed by atoms with Crippen LogP contribution in [0.25, 0.3) is 0 Å². The second kappa shape index (κ2) is 7.45. The summed E-state index contributed by atoms with van der Waals surface area (Å²) in [5.74, 6) is -0.192. The predicted molar refractivity (Wildman–Crippen MR) is 95.1 cm³/mol. The van der Waals surface area contributed by atoms with Crippen LogP contribution in [0.4, 0.5) is 5.69 Å². The van der Waals surface area contributed by atoms with E-state index in [2.05, 4.69) is 26.1 Å². The van der Waals surface area contributed by atoms with Crippen LogP contribution in [0.15, 0.2) is 24.3 Å². The summed E-state index contributed by atoms with van der Waals surface area (Å²) >= 11 is 0. The van der Waals surface area contributed by atoms with E-state index in [1.165, 1.54) is 9.87 Å². The van der Waals surface area contributed by atoms with Gasteiger partial charge in [0, 0.05) is 24.7 Å². The molecule has 0 unspecified atom stereocenters. The molecule has 23 heavy (non-hydrogen) atoms. The Labute approximate surface area is 140 Å². The maximum atomic E-state index is 12.0. The summed E-state index contributed by atoms with van der Waals surface area (Å²) in [5.41, 5.74) is 1.98. The fourth-order valence-electron chi connectivity index (χ4n) is 2.30. The average Bonchev–Trinajstić information content (AvgIpc) is 2.36. The molecular weight excluding hydrogens is 312 g/mol. The normalized spacial score (nSPS) is 12.7. The highest BCUT2D eigenvalue weighted by Gasteiger charge is 2.21. The summed E-state index contributed by atoms with van der Waals surface area (Å²) < 4.78 is 24.7. The fraction of sp³-hybridized carbons (Fsp3) is 0.588. The second-order valence-electron chi connectivity index (χ2n) is 7.09. The zero-order chi connectivity index (χ0) is 17.8. The molecule has 0 atom stereocenters. The molecule has 1 aromatic rings. The van der Waals surface area contributed by atoms with Gasteiger partial charge in [-0.2, -0.15) is 4.31 Å². The third-order valence-electron chi connectivity index (χ3n) is 3.60. The number of anilines is 1. The molecule has 1 aromatic carbocycles. The number of nitrogens with zero attached hydrogens (tertiary/aromatic N) is 1. The third-order valence-corrected chi connectivity index (χ3v) is 5.05. The first-order valence-electron chi connectivity index (χ1n) is 7.78. The largest absolute Gasteiger partial charge is 0.326 e. The number of hydrogen-bond donors (Lipinski definition) is 1. The van der Waals surface area contributed by atoms with Crippen LogP contribution in [-0.4, -0.2) is 37.5 Å². The van der Waals surface area contributed by atoms with Crippen LogP contribution in [0.2, 0.25) is 0 Å². The van der Waals surface area contributed by atoms with Gasteiger partial charge in [-0.1, -0.05) is 32.9 Å². The Kier molecular flexibility index (Phi) is 6.36. The van der Waals surface area contributed by atoms with Gasteiger partial charge in [-0.05, 0) is 37.0 Å². The zero-order valence-electron chi connectivity index (χ0n) is 14.9. The molecule has 6 heteroatoms. The summed E-state index contributed by atoms with van der Waals surface area (Å²) in [6.07, 6.45) is 1.29. The lowest BCUT2D eigenvalue weighted by Gasteiger charge is -2.23. The molecule has 0 fully saturated rings. The minimum Gasteiger partial charge on any atom is -0.326 e. The number of amides is 1. The van der Waals surface area contributed by atoms with Gasteiger partial charge in [-0.3, -0.25) is 4.79 Å². The van der Waals surface area contributed by atoms with Crippen molar-refractivity contribution < 1.29 is 13.2 Å². The van der Waals surface area contributed by atoms with Gasteiger partial charge in [0.2, 0.25) is 15.9 Å². The molecule has 130 valence electrons. The standard InChI is InChI=1S/C17H28N2O3S/c1-13(2)19(23(6,21)22)12-11-16(20)18-15-9-7-14(8-10-15)17(3,4)5/h7-10,13H,11-12H2,1-6H3,(H,18,20). The average molecular weight is 340 g/mol. The molecule has 0 aliphatic carbocycles. The molecule has 0 saturated carbocycles. The van der Waals surface area contributed by atoms with Crippen molar-refractivity contribution in [3.05, 3.63) is 29.8 Å². The van der Waals surface area contributed by atoms with Crippen LogP contribution in [0, 0.1) is 0 Å². The summed E-state index contributed by atoms with van der Waals surface area (Å²) in [4.78, 5) is 12.0. The summed E-state index contributed by atoms with van der Waals surface area (Å²) in [6, 6.07) is 7.56. The summed E-state index contributed by atoms with van der Waals surface area (Å²) in [6.45, 7) is 10.2. The lowest BCUT2D eigenvalue weighted by molar-refractivity contribution is -0.116. The van der Waals surface area contributed by atoms with E-state index in [1.807, 2.05) is 24.3 Å². The van der Waals surface area contributed by atoms with Crippen LogP contribution in [0.5, 0.6) is 0 Å². The van der Waals surface area contributed by atoms with Gasteiger partial charge in [-0.15, -0.1) is 0 Å². The van der Waals surface area contributed by atoms with Crippen molar-refractivity contribution in [1.29, 1.82) is 0 Å². The highest BCUT2D eigenvalue weighted by molar-refractivity contribution is 7.88. The fourth-order valence-corrected chi connectivity index (χ4v) is 3.48. The maximum Gasteiger partial charge on any atom is 0.225 e. The quantitative estimate of drug-likeness (QED) is 0.866. The van der Waals surface area contributed by atoms with E-state index >= 15 is 0 Å². The first kappa shape index (κ1) is 19.6. The smallest absolute Gasteiger partial charge is 0.225 e. The van der Waals surface area contributed by atoms with E-state index in [0.717, 1.165) is 11.9 Å². The number of sulfonamides is 1. The van der Waals surface area contributed by atoms with E-state index < -0.39 is 10.0 Å². The molecule has 0 aliphatic rings. The first-order chi connectivity index (χ1) is 10.4. The van der Waals surface area contributed by atoms with E-state index in [-0.39, 0.29) is 30.3 Å². The highest BCUT2D eigenvalue weighted by atomic mass is 32.2. The number of hydrogen-bond acceptors (Lipinski definition) is 3. The van der Waals surface area contributed by atoms with Crippen molar-refractivity contribution in [3.63, 3.8) is 0 Å². The number of nitrogens with one attached hydrogen (secondary N) is 1. The molecule has 0 bridgehead atoms. The van der Waals surface area contributed by atoms with E-state index in [1.54, 1.807) is 13.8 Å². The molecule has 0 heterocycles. The Morgan fingerprint density at radius 2 is 1.70 bits per heavy atom. The van der Waals surface area contributed by atoms with Crippen molar-refractivity contribution in [2.45, 2.75) is 52.5 Å². The van der Waals surface area contributed by atoms with Gasteiger partial charge >= 0.3 is 0 Å². The molecule has 0 saturated heterocycles. The Hall–Kier alpha value is -1.40. The topological polar surface area (TPSA) is 66.5 Å². The van der Waals surface area contributed by atoms with Gasteiger partial charge in [-0.25, -0.2) is 8.42 Å². The SMILES string of the molecule is CC(C)N(CCC(=O)Nc1ccc(C(C)(C)C)cc1)S(C)(=O)=O. The Balaban J connectivity index is 2.63. The van der Waals surface area contributed by atoms with Crippen molar-refractivity contribution >= 4 is 21.6 Å². The maximum absolute atomic E-state index is 12.0. The molecule has 1 N–H and O–H groups in total. The minimum absolute atomic E-state index is 0.0653. The van der Waals surface area contributed by atoms with Crippen LogP contribution in [-0.2, 0) is 20.2 Å². The first-order valence-corrected chi connectivity index (χ1v) is 9.63. The van der Waals surface area contributed by atoms with Crippen LogP contribution >= 0.6 is 0 Å². The second-order valence-corrected chi connectivity index (χ2v) is 9.03. The Bertz CT molecular complexity index is 629. The molecule has 1 rings (SSSR count). The van der Waals surface area contributed by atoms with Crippen molar-refractivity contribution in [2.75, 3.05) is 18.1 Å². The monoisotopic (exact) mass is 340 g/mol. The minimum atomic E-state index is -3.30. The Morgan fingerprint density at radius 3 is 2.09 bits per heavy atom. The number of carbonyl (C=O) groups is 1. The van der Waals surface area contributed by atoms with Crippen LogP contribution in [0.3, 0.4) is 0 Å². The van der Waals surface area contributed by atoms with Crippen LogP contribution in [0.1, 0.15) is 46.6 Å². The summed E-state index contributed by atoms with van der Waals surface area (Å²) in [7, 11) is -3.30. The van der Waals surface area contributed by atoms with E-state index in [9.17, 15) is 13.2 Å². The molecule has 5 nitrogen and oxygen atoms in total. The van der Waals surface area contributed by atoms with E-state index in [4.69, 9.17) is 0 Å². The lowest BCUT2D eigenvalue weighted by atomic mass is 9.87. The molecular formula is C17H28N2O3S. The molecule has 0 spiro atoms. The van der Waals surface area contributed by atoms with Crippen molar-refractivity contribution in [2.24, 2.45) is 0 Å². The molecule has 0 aromatic heterocycles. The number of rotatable bonds is 6. The molecule has 0 radical (unpaired) electrons. The predicted octanol–water partition coefficient (Wildman–Crippen LogP) is 2.98.